The van der Waals surface area contributed by atoms with E-state index in [1.54, 1.807) is 6.92 Å². The number of hydrogen-bond acceptors (Lipinski definition) is 6. The molecular weight excluding hydrogens is 249 g/mol. The summed E-state index contributed by atoms with van der Waals surface area (Å²) < 4.78 is 15.1. The van der Waals surface area contributed by atoms with E-state index in [0.717, 1.165) is 26.2 Å². The van der Waals surface area contributed by atoms with Crippen molar-refractivity contribution in [3.05, 3.63) is 24.2 Å². The van der Waals surface area contributed by atoms with Gasteiger partial charge in [-0.05, 0) is 6.92 Å². The molecule has 0 radical (unpaired) electrons. The Balaban J connectivity index is 1.95. The molecule has 1 aliphatic rings. The van der Waals surface area contributed by atoms with Crippen LogP contribution in [0.15, 0.2) is 12.5 Å². The third-order valence-electron chi connectivity index (χ3n) is 2.94. The number of rotatable bonds is 2. The van der Waals surface area contributed by atoms with Crippen LogP contribution >= 0.6 is 0 Å². The van der Waals surface area contributed by atoms with E-state index >= 15 is 0 Å². The maximum Gasteiger partial charge on any atom is 0.227 e. The van der Waals surface area contributed by atoms with Crippen LogP contribution in [0.3, 0.4) is 0 Å². The van der Waals surface area contributed by atoms with E-state index in [9.17, 15) is 4.39 Å². The second-order valence-corrected chi connectivity index (χ2v) is 4.31. The normalized spacial score (nSPS) is 15.8. The minimum atomic E-state index is -0.510. The molecule has 0 aromatic carbocycles. The number of halogens is 1. The molecule has 1 aliphatic heterocycles. The average molecular weight is 263 g/mol. The van der Waals surface area contributed by atoms with Gasteiger partial charge in [0.05, 0.1) is 6.20 Å². The van der Waals surface area contributed by atoms with Crippen molar-refractivity contribution in [1.82, 2.24) is 30.0 Å². The molecule has 19 heavy (non-hydrogen) atoms. The predicted molar refractivity (Wildman–Crippen MR) is 66.7 cm³/mol. The largest absolute Gasteiger partial charge is 0.338 e. The number of aryl methyl sites for hydroxylation is 1. The van der Waals surface area contributed by atoms with Gasteiger partial charge in [-0.3, -0.25) is 0 Å². The summed E-state index contributed by atoms with van der Waals surface area (Å²) in [6, 6.07) is 0. The van der Waals surface area contributed by atoms with Crippen LogP contribution < -0.4 is 10.2 Å². The van der Waals surface area contributed by atoms with Crippen molar-refractivity contribution in [3.8, 4) is 5.82 Å². The van der Waals surface area contributed by atoms with Crippen molar-refractivity contribution in [1.29, 1.82) is 0 Å². The van der Waals surface area contributed by atoms with E-state index in [4.69, 9.17) is 0 Å². The Labute approximate surface area is 109 Å². The molecule has 0 bridgehead atoms. The predicted octanol–water partition coefficient (Wildman–Crippen LogP) is -0.0856. The summed E-state index contributed by atoms with van der Waals surface area (Å²) in [5.41, 5.74) is 0. The fourth-order valence-corrected chi connectivity index (χ4v) is 1.97. The number of anilines is 1. The minimum Gasteiger partial charge on any atom is -0.338 e. The number of nitrogens with zero attached hydrogens (tertiary/aromatic N) is 6. The molecule has 0 atom stereocenters. The Kier molecular flexibility index (Phi) is 3.08. The first kappa shape index (κ1) is 12.0. The molecule has 0 saturated carbocycles. The Bertz CT molecular complexity index is 576. The standard InChI is InChI=1S/C11H14FN7/c1-8-15-7-19(17-8)10-9(12)6-14-11(16-10)18-4-2-13-3-5-18/h6-7,13H,2-5H2,1H3. The molecule has 1 saturated heterocycles. The highest BCUT2D eigenvalue weighted by molar-refractivity contribution is 5.36. The fourth-order valence-electron chi connectivity index (χ4n) is 1.97. The molecular formula is C11H14FN7. The van der Waals surface area contributed by atoms with Gasteiger partial charge in [0.25, 0.3) is 0 Å². The Morgan fingerprint density at radius 2 is 2.05 bits per heavy atom. The Morgan fingerprint density at radius 1 is 1.26 bits per heavy atom. The van der Waals surface area contributed by atoms with Gasteiger partial charge >= 0.3 is 0 Å². The Hall–Kier alpha value is -2.09. The molecule has 0 unspecified atom stereocenters. The summed E-state index contributed by atoms with van der Waals surface area (Å²) in [7, 11) is 0. The van der Waals surface area contributed by atoms with Gasteiger partial charge < -0.3 is 10.2 Å². The zero-order valence-corrected chi connectivity index (χ0v) is 10.5. The van der Waals surface area contributed by atoms with Gasteiger partial charge in [0, 0.05) is 26.2 Å². The van der Waals surface area contributed by atoms with E-state index < -0.39 is 5.82 Å². The second-order valence-electron chi connectivity index (χ2n) is 4.31. The molecule has 3 rings (SSSR count). The van der Waals surface area contributed by atoms with Crippen molar-refractivity contribution >= 4 is 5.95 Å². The van der Waals surface area contributed by atoms with Crippen molar-refractivity contribution in [2.24, 2.45) is 0 Å². The van der Waals surface area contributed by atoms with E-state index in [1.807, 2.05) is 4.90 Å². The van der Waals surface area contributed by atoms with Crippen LogP contribution in [0.5, 0.6) is 0 Å². The van der Waals surface area contributed by atoms with Gasteiger partial charge in [-0.15, -0.1) is 0 Å². The maximum atomic E-state index is 13.8. The van der Waals surface area contributed by atoms with Crippen LogP contribution in [0.25, 0.3) is 5.82 Å². The summed E-state index contributed by atoms with van der Waals surface area (Å²) in [6.07, 6.45) is 2.62. The quantitative estimate of drug-likeness (QED) is 0.816. The van der Waals surface area contributed by atoms with Gasteiger partial charge in [0.1, 0.15) is 12.2 Å². The smallest absolute Gasteiger partial charge is 0.227 e. The first-order chi connectivity index (χ1) is 9.24. The van der Waals surface area contributed by atoms with Crippen LogP contribution in [0.1, 0.15) is 5.82 Å². The van der Waals surface area contributed by atoms with Gasteiger partial charge in [0.15, 0.2) is 11.6 Å². The first-order valence-electron chi connectivity index (χ1n) is 6.11. The summed E-state index contributed by atoms with van der Waals surface area (Å²) >= 11 is 0. The number of hydrogen-bond donors (Lipinski definition) is 1. The minimum absolute atomic E-state index is 0.129. The first-order valence-corrected chi connectivity index (χ1v) is 6.11. The lowest BCUT2D eigenvalue weighted by Gasteiger charge is -2.27. The van der Waals surface area contributed by atoms with Gasteiger partial charge in [-0.25, -0.2) is 14.4 Å². The molecule has 3 heterocycles. The lowest BCUT2D eigenvalue weighted by Crippen LogP contribution is -2.44. The summed E-state index contributed by atoms with van der Waals surface area (Å²) in [6.45, 7) is 5.10. The molecule has 0 aliphatic carbocycles. The monoisotopic (exact) mass is 263 g/mol. The molecule has 0 amide bonds. The molecule has 1 fully saturated rings. The number of piperazine rings is 1. The van der Waals surface area contributed by atoms with Crippen LogP contribution in [0, 0.1) is 12.7 Å². The topological polar surface area (TPSA) is 71.8 Å². The molecule has 2 aromatic rings. The van der Waals surface area contributed by atoms with Crippen LogP contribution in [-0.4, -0.2) is 50.9 Å². The summed E-state index contributed by atoms with van der Waals surface area (Å²) in [5, 5.41) is 7.32. The summed E-state index contributed by atoms with van der Waals surface area (Å²) in [5.74, 6) is 0.709. The lowest BCUT2D eigenvalue weighted by molar-refractivity contribution is 0.565. The van der Waals surface area contributed by atoms with Crippen molar-refractivity contribution in [2.75, 3.05) is 31.1 Å². The highest BCUT2D eigenvalue weighted by Crippen LogP contribution is 2.14. The fraction of sp³-hybridized carbons (Fsp3) is 0.455. The zero-order valence-electron chi connectivity index (χ0n) is 10.5. The zero-order chi connectivity index (χ0) is 13.2. The van der Waals surface area contributed by atoms with Gasteiger partial charge in [-0.2, -0.15) is 14.8 Å². The van der Waals surface area contributed by atoms with E-state index in [0.29, 0.717) is 11.8 Å². The Morgan fingerprint density at radius 3 is 2.74 bits per heavy atom. The molecule has 1 N–H and O–H groups in total. The SMILES string of the molecule is Cc1ncn(-c2nc(N3CCNCC3)ncc2F)n1. The van der Waals surface area contributed by atoms with Crippen molar-refractivity contribution in [3.63, 3.8) is 0 Å². The van der Waals surface area contributed by atoms with Gasteiger partial charge in [0.2, 0.25) is 5.95 Å². The molecule has 2 aromatic heterocycles. The van der Waals surface area contributed by atoms with E-state index in [1.165, 1.54) is 17.2 Å². The highest BCUT2D eigenvalue weighted by atomic mass is 19.1. The van der Waals surface area contributed by atoms with Crippen LogP contribution in [0.2, 0.25) is 0 Å². The van der Waals surface area contributed by atoms with Gasteiger partial charge in [-0.1, -0.05) is 0 Å². The molecule has 8 heteroatoms. The van der Waals surface area contributed by atoms with Crippen LogP contribution in [0.4, 0.5) is 10.3 Å². The third kappa shape index (κ3) is 2.39. The maximum absolute atomic E-state index is 13.8. The highest BCUT2D eigenvalue weighted by Gasteiger charge is 2.16. The van der Waals surface area contributed by atoms with E-state index in [-0.39, 0.29) is 5.82 Å². The second kappa shape index (κ2) is 4.88. The lowest BCUT2D eigenvalue weighted by atomic mass is 10.4. The van der Waals surface area contributed by atoms with Crippen molar-refractivity contribution in [2.45, 2.75) is 6.92 Å². The number of aromatic nitrogens is 5. The van der Waals surface area contributed by atoms with Crippen molar-refractivity contribution < 1.29 is 4.39 Å². The number of nitrogens with one attached hydrogen (secondary N) is 1. The molecule has 100 valence electrons. The van der Waals surface area contributed by atoms with Crippen LogP contribution in [-0.2, 0) is 0 Å². The van der Waals surface area contributed by atoms with E-state index in [2.05, 4.69) is 25.4 Å². The average Bonchev–Trinajstić information content (AvgIpc) is 2.87. The molecule has 0 spiro atoms. The third-order valence-corrected chi connectivity index (χ3v) is 2.94. The summed E-state index contributed by atoms with van der Waals surface area (Å²) in [4.78, 5) is 14.3. The molecule has 7 nitrogen and oxygen atoms in total.